The summed E-state index contributed by atoms with van der Waals surface area (Å²) >= 11 is 0. The van der Waals surface area contributed by atoms with E-state index < -0.39 is 0 Å². The molecule has 10 heteroatoms. The van der Waals surface area contributed by atoms with Gasteiger partial charge in [0.15, 0.2) is 18.1 Å². The van der Waals surface area contributed by atoms with Gasteiger partial charge in [0.05, 0.1) is 13.3 Å². The Kier molecular flexibility index (Phi) is 5.62. The van der Waals surface area contributed by atoms with Crippen molar-refractivity contribution in [2.24, 2.45) is 5.10 Å². The lowest BCUT2D eigenvalue weighted by molar-refractivity contribution is -0.134. The van der Waals surface area contributed by atoms with E-state index in [9.17, 15) is 4.79 Å². The van der Waals surface area contributed by atoms with Crippen molar-refractivity contribution in [2.45, 2.75) is 19.3 Å². The highest BCUT2D eigenvalue weighted by Crippen LogP contribution is 2.30. The van der Waals surface area contributed by atoms with E-state index in [1.165, 1.54) is 13.3 Å². The summed E-state index contributed by atoms with van der Waals surface area (Å²) in [6.07, 6.45) is 4.73. The standard InChI is InChI=1S/C16H21N7O3/c1-25-13-7-5-6-12(10-18-23-16(17)19-20-21-23)15(13)26-11-14(24)22-8-3-2-4-9-22/h5-7,10H,2-4,8-9,11H2,1H3,(H2,17,19,21). The molecule has 1 aliphatic rings. The molecule has 0 saturated carbocycles. The number of nitrogen functional groups attached to an aromatic ring is 1. The molecule has 3 rings (SSSR count). The second-order valence-electron chi connectivity index (χ2n) is 5.78. The van der Waals surface area contributed by atoms with Gasteiger partial charge in [-0.05, 0) is 41.8 Å². The third-order valence-electron chi connectivity index (χ3n) is 4.06. The van der Waals surface area contributed by atoms with Crippen molar-refractivity contribution in [3.05, 3.63) is 23.8 Å². The molecule has 138 valence electrons. The topological polar surface area (TPSA) is 121 Å². The van der Waals surface area contributed by atoms with Crippen LogP contribution in [0.3, 0.4) is 0 Å². The smallest absolute Gasteiger partial charge is 0.263 e. The molecule has 0 bridgehead atoms. The first-order chi connectivity index (χ1) is 12.7. The minimum Gasteiger partial charge on any atom is -0.493 e. The van der Waals surface area contributed by atoms with Crippen LogP contribution in [0, 0.1) is 0 Å². The first kappa shape index (κ1) is 17.6. The van der Waals surface area contributed by atoms with Crippen LogP contribution in [0.5, 0.6) is 11.5 Å². The highest BCUT2D eigenvalue weighted by Gasteiger charge is 2.18. The number of tetrazole rings is 1. The molecule has 0 unspecified atom stereocenters. The number of carbonyl (C=O) groups is 1. The Labute approximate surface area is 150 Å². The summed E-state index contributed by atoms with van der Waals surface area (Å²) in [6.45, 7) is 1.50. The maximum atomic E-state index is 12.4. The summed E-state index contributed by atoms with van der Waals surface area (Å²) in [5, 5.41) is 14.7. The van der Waals surface area contributed by atoms with E-state index in [0.717, 1.165) is 37.1 Å². The monoisotopic (exact) mass is 359 g/mol. The summed E-state index contributed by atoms with van der Waals surface area (Å²) in [5.74, 6) is 0.955. The van der Waals surface area contributed by atoms with Crippen molar-refractivity contribution in [1.82, 2.24) is 25.2 Å². The number of carbonyl (C=O) groups excluding carboxylic acids is 1. The van der Waals surface area contributed by atoms with Crippen LogP contribution < -0.4 is 15.2 Å². The number of benzene rings is 1. The average Bonchev–Trinajstić information content (AvgIpc) is 3.10. The fraction of sp³-hybridized carbons (Fsp3) is 0.438. The Balaban J connectivity index is 1.75. The second-order valence-corrected chi connectivity index (χ2v) is 5.78. The average molecular weight is 359 g/mol. The minimum absolute atomic E-state index is 0.0387. The molecule has 2 heterocycles. The van der Waals surface area contributed by atoms with Gasteiger partial charge >= 0.3 is 0 Å². The van der Waals surface area contributed by atoms with E-state index in [1.54, 1.807) is 18.2 Å². The quantitative estimate of drug-likeness (QED) is 0.747. The van der Waals surface area contributed by atoms with Crippen LogP contribution in [0.25, 0.3) is 0 Å². The van der Waals surface area contributed by atoms with E-state index >= 15 is 0 Å². The predicted molar refractivity (Wildman–Crippen MR) is 94.1 cm³/mol. The van der Waals surface area contributed by atoms with Gasteiger partial charge in [0.25, 0.3) is 11.9 Å². The molecule has 1 aromatic heterocycles. The molecule has 0 radical (unpaired) electrons. The molecular formula is C16H21N7O3. The van der Waals surface area contributed by atoms with Crippen LogP contribution in [-0.2, 0) is 4.79 Å². The van der Waals surface area contributed by atoms with Crippen LogP contribution >= 0.6 is 0 Å². The maximum Gasteiger partial charge on any atom is 0.263 e. The number of nitrogens with two attached hydrogens (primary N) is 1. The number of methoxy groups -OCH3 is 1. The van der Waals surface area contributed by atoms with Crippen molar-refractivity contribution in [1.29, 1.82) is 0 Å². The van der Waals surface area contributed by atoms with Gasteiger partial charge in [0, 0.05) is 18.7 Å². The molecule has 1 fully saturated rings. The number of piperidine rings is 1. The molecule has 26 heavy (non-hydrogen) atoms. The predicted octanol–water partition coefficient (Wildman–Crippen LogP) is 0.537. The SMILES string of the molecule is COc1cccc(C=Nn2nnnc2N)c1OCC(=O)N1CCCCC1. The van der Waals surface area contributed by atoms with Crippen LogP contribution in [0.4, 0.5) is 5.95 Å². The van der Waals surface area contributed by atoms with Crippen molar-refractivity contribution in [3.63, 3.8) is 0 Å². The van der Waals surface area contributed by atoms with Crippen LogP contribution in [0.15, 0.2) is 23.3 Å². The first-order valence-electron chi connectivity index (χ1n) is 8.35. The largest absolute Gasteiger partial charge is 0.493 e. The number of amides is 1. The number of aromatic nitrogens is 4. The molecular weight excluding hydrogens is 338 g/mol. The van der Waals surface area contributed by atoms with E-state index in [0.29, 0.717) is 17.1 Å². The van der Waals surface area contributed by atoms with E-state index in [4.69, 9.17) is 15.2 Å². The van der Waals surface area contributed by atoms with Gasteiger partial charge in [0.2, 0.25) is 0 Å². The fourth-order valence-electron chi connectivity index (χ4n) is 2.71. The van der Waals surface area contributed by atoms with Gasteiger partial charge in [-0.3, -0.25) is 4.79 Å². The molecule has 1 amide bonds. The number of anilines is 1. The molecule has 0 aliphatic carbocycles. The number of para-hydroxylation sites is 1. The molecule has 2 aromatic rings. The lowest BCUT2D eigenvalue weighted by atomic mass is 10.1. The number of likely N-dealkylation sites (tertiary alicyclic amines) is 1. The second kappa shape index (κ2) is 8.28. The Bertz CT molecular complexity index is 784. The molecule has 1 saturated heterocycles. The number of ether oxygens (including phenoxy) is 2. The zero-order valence-corrected chi connectivity index (χ0v) is 14.5. The number of rotatable bonds is 6. The van der Waals surface area contributed by atoms with E-state index in [2.05, 4.69) is 20.6 Å². The summed E-state index contributed by atoms with van der Waals surface area (Å²) in [6, 6.07) is 5.33. The third-order valence-corrected chi connectivity index (χ3v) is 4.06. The molecule has 2 N–H and O–H groups in total. The van der Waals surface area contributed by atoms with E-state index in [1.807, 2.05) is 4.90 Å². The number of nitrogens with zero attached hydrogens (tertiary/aromatic N) is 6. The summed E-state index contributed by atoms with van der Waals surface area (Å²) in [5.41, 5.74) is 6.20. The van der Waals surface area contributed by atoms with E-state index in [-0.39, 0.29) is 18.5 Å². The van der Waals surface area contributed by atoms with Gasteiger partial charge in [0.1, 0.15) is 0 Å². The number of hydrogen-bond donors (Lipinski definition) is 1. The lowest BCUT2D eigenvalue weighted by Crippen LogP contribution is -2.38. The van der Waals surface area contributed by atoms with Crippen molar-refractivity contribution in [3.8, 4) is 11.5 Å². The molecule has 0 atom stereocenters. The van der Waals surface area contributed by atoms with Gasteiger partial charge in [-0.2, -0.15) is 5.10 Å². The number of hydrogen-bond acceptors (Lipinski definition) is 8. The Morgan fingerprint density at radius 3 is 2.85 bits per heavy atom. The summed E-state index contributed by atoms with van der Waals surface area (Å²) in [7, 11) is 1.54. The van der Waals surface area contributed by atoms with Crippen LogP contribution in [-0.4, -0.2) is 64.1 Å². The van der Waals surface area contributed by atoms with Crippen molar-refractivity contribution in [2.75, 3.05) is 32.5 Å². The Morgan fingerprint density at radius 1 is 1.35 bits per heavy atom. The van der Waals surface area contributed by atoms with Crippen molar-refractivity contribution >= 4 is 18.1 Å². The molecule has 0 spiro atoms. The van der Waals surface area contributed by atoms with Gasteiger partial charge in [-0.15, -0.1) is 0 Å². The zero-order valence-electron chi connectivity index (χ0n) is 14.5. The minimum atomic E-state index is -0.0613. The van der Waals surface area contributed by atoms with Crippen molar-refractivity contribution < 1.29 is 14.3 Å². The molecule has 10 nitrogen and oxygen atoms in total. The first-order valence-corrected chi connectivity index (χ1v) is 8.35. The van der Waals surface area contributed by atoms with Crippen LogP contribution in [0.1, 0.15) is 24.8 Å². The lowest BCUT2D eigenvalue weighted by Gasteiger charge is -2.26. The third kappa shape index (κ3) is 4.08. The van der Waals surface area contributed by atoms with Gasteiger partial charge in [-0.1, -0.05) is 16.0 Å². The Morgan fingerprint density at radius 2 is 2.15 bits per heavy atom. The summed E-state index contributed by atoms with van der Waals surface area (Å²) in [4.78, 5) is 15.3. The highest BCUT2D eigenvalue weighted by atomic mass is 16.5. The highest BCUT2D eigenvalue weighted by molar-refractivity contribution is 5.85. The maximum absolute atomic E-state index is 12.4. The van der Waals surface area contributed by atoms with Crippen LogP contribution in [0.2, 0.25) is 0 Å². The van der Waals surface area contributed by atoms with Gasteiger partial charge in [-0.25, -0.2) is 0 Å². The zero-order chi connectivity index (χ0) is 18.4. The van der Waals surface area contributed by atoms with Gasteiger partial charge < -0.3 is 20.1 Å². The Hall–Kier alpha value is -3.17. The molecule has 1 aliphatic heterocycles. The normalized spacial score (nSPS) is 14.6. The molecule has 1 aromatic carbocycles. The fourth-order valence-corrected chi connectivity index (χ4v) is 2.71. The summed E-state index contributed by atoms with van der Waals surface area (Å²) < 4.78 is 11.1.